The number of hydrogen-bond donors (Lipinski definition) is 1. The molecule has 0 aliphatic carbocycles. The van der Waals surface area contributed by atoms with Crippen LogP contribution in [0, 0.1) is 5.82 Å². The van der Waals surface area contributed by atoms with Gasteiger partial charge in [-0.15, -0.1) is 0 Å². The van der Waals surface area contributed by atoms with Crippen LogP contribution in [0.15, 0.2) is 27.8 Å². The molecule has 0 aromatic heterocycles. The molecule has 1 aromatic carbocycles. The Morgan fingerprint density at radius 2 is 2.33 bits per heavy atom. The molecule has 1 rings (SSSR count). The lowest BCUT2D eigenvalue weighted by atomic mass is 9.92. The van der Waals surface area contributed by atoms with Crippen LogP contribution >= 0.6 is 15.9 Å². The van der Waals surface area contributed by atoms with Gasteiger partial charge in [0.1, 0.15) is 11.4 Å². The zero-order valence-electron chi connectivity index (χ0n) is 11.8. The highest BCUT2D eigenvalue weighted by atomic mass is 79.9. The van der Waals surface area contributed by atoms with E-state index in [1.165, 1.54) is 18.2 Å². The zero-order valence-corrected chi connectivity index (χ0v) is 13.4. The van der Waals surface area contributed by atoms with Crippen LogP contribution in [0.4, 0.5) is 4.39 Å². The van der Waals surface area contributed by atoms with E-state index < -0.39 is 17.3 Å². The van der Waals surface area contributed by atoms with Crippen molar-refractivity contribution in [2.24, 2.45) is 5.11 Å². The minimum Gasteiger partial charge on any atom is -0.464 e. The quantitative estimate of drug-likeness (QED) is 0.266. The first-order chi connectivity index (χ1) is 9.95. The van der Waals surface area contributed by atoms with Gasteiger partial charge in [-0.1, -0.05) is 11.2 Å². The third kappa shape index (κ3) is 4.42. The van der Waals surface area contributed by atoms with Gasteiger partial charge >= 0.3 is 5.97 Å². The van der Waals surface area contributed by atoms with Gasteiger partial charge in [0.25, 0.3) is 0 Å². The van der Waals surface area contributed by atoms with Crippen LogP contribution in [0.25, 0.3) is 10.4 Å². The van der Waals surface area contributed by atoms with Crippen molar-refractivity contribution in [2.45, 2.75) is 19.4 Å². The summed E-state index contributed by atoms with van der Waals surface area (Å²) in [6.07, 6.45) is 0. The molecule has 0 bridgehead atoms. The van der Waals surface area contributed by atoms with Crippen LogP contribution in [-0.4, -0.2) is 25.7 Å². The fourth-order valence-electron chi connectivity index (χ4n) is 1.78. The van der Waals surface area contributed by atoms with Crippen molar-refractivity contribution in [3.63, 3.8) is 0 Å². The first kappa shape index (κ1) is 17.4. The Hall–Kier alpha value is -1.63. The number of halogens is 2. The summed E-state index contributed by atoms with van der Waals surface area (Å²) in [4.78, 5) is 14.9. The molecule has 0 saturated carbocycles. The molecule has 114 valence electrons. The molecular formula is C13H16BrFN4O2. The highest BCUT2D eigenvalue weighted by Gasteiger charge is 2.36. The number of nitrogens with one attached hydrogen (secondary N) is 1. The summed E-state index contributed by atoms with van der Waals surface area (Å²) < 4.78 is 18.7. The van der Waals surface area contributed by atoms with Gasteiger partial charge in [0, 0.05) is 18.0 Å². The lowest BCUT2D eigenvalue weighted by molar-refractivity contribution is -0.151. The molecule has 8 heteroatoms. The summed E-state index contributed by atoms with van der Waals surface area (Å²) in [7, 11) is 0. The molecule has 0 aliphatic rings. The topological polar surface area (TPSA) is 87.1 Å². The molecular weight excluding hydrogens is 343 g/mol. The molecule has 0 heterocycles. The number of carbonyl (C=O) groups is 1. The Kier molecular flexibility index (Phi) is 6.61. The number of benzene rings is 1. The Morgan fingerprint density at radius 3 is 2.90 bits per heavy atom. The molecule has 1 unspecified atom stereocenters. The first-order valence-corrected chi connectivity index (χ1v) is 7.13. The van der Waals surface area contributed by atoms with E-state index >= 15 is 0 Å². The molecule has 0 amide bonds. The van der Waals surface area contributed by atoms with Crippen LogP contribution in [-0.2, 0) is 15.1 Å². The predicted octanol–water partition coefficient (Wildman–Crippen LogP) is 3.27. The van der Waals surface area contributed by atoms with Gasteiger partial charge < -0.3 is 4.74 Å². The van der Waals surface area contributed by atoms with Gasteiger partial charge in [-0.25, -0.2) is 9.18 Å². The van der Waals surface area contributed by atoms with Crippen LogP contribution in [0.5, 0.6) is 0 Å². The van der Waals surface area contributed by atoms with E-state index in [2.05, 4.69) is 31.3 Å². The molecule has 0 fully saturated rings. The second-order valence-corrected chi connectivity index (χ2v) is 5.21. The van der Waals surface area contributed by atoms with Crippen LogP contribution in [0.3, 0.4) is 0 Å². The second-order valence-electron chi connectivity index (χ2n) is 4.36. The SMILES string of the molecule is CCOC(=O)C(C)(NCCN=[N+]=[N-])c1ccc(F)c(Br)c1. The summed E-state index contributed by atoms with van der Waals surface area (Å²) >= 11 is 3.10. The Labute approximate surface area is 130 Å². The van der Waals surface area contributed by atoms with E-state index in [0.717, 1.165) is 0 Å². The zero-order chi connectivity index (χ0) is 15.9. The standard InChI is InChI=1S/C13H16BrFN4O2/c1-3-21-12(20)13(2,17-6-7-18-19-16)9-4-5-11(15)10(14)8-9/h4-5,8,17H,3,6-7H2,1-2H3. The number of azide groups is 1. The number of hydrogen-bond acceptors (Lipinski definition) is 4. The van der Waals surface area contributed by atoms with Crippen molar-refractivity contribution in [3.8, 4) is 0 Å². The van der Waals surface area contributed by atoms with Crippen molar-refractivity contribution in [1.29, 1.82) is 0 Å². The largest absolute Gasteiger partial charge is 0.464 e. The van der Waals surface area contributed by atoms with Gasteiger partial charge in [-0.05, 0) is 53.0 Å². The number of esters is 1. The van der Waals surface area contributed by atoms with Gasteiger partial charge in [0.2, 0.25) is 0 Å². The highest BCUT2D eigenvalue weighted by Crippen LogP contribution is 2.27. The third-order valence-corrected chi connectivity index (χ3v) is 3.54. The number of rotatable bonds is 7. The van der Waals surface area contributed by atoms with Crippen molar-refractivity contribution in [2.75, 3.05) is 19.7 Å². The maximum absolute atomic E-state index is 13.3. The predicted molar refractivity (Wildman–Crippen MR) is 80.1 cm³/mol. The number of carbonyl (C=O) groups excluding carboxylic acids is 1. The third-order valence-electron chi connectivity index (χ3n) is 2.93. The maximum atomic E-state index is 13.3. The lowest BCUT2D eigenvalue weighted by Gasteiger charge is -2.29. The van der Waals surface area contributed by atoms with E-state index in [1.54, 1.807) is 13.8 Å². The molecule has 0 spiro atoms. The highest BCUT2D eigenvalue weighted by molar-refractivity contribution is 9.10. The summed E-state index contributed by atoms with van der Waals surface area (Å²) in [6.45, 7) is 4.05. The van der Waals surface area contributed by atoms with E-state index in [0.29, 0.717) is 5.56 Å². The minimum atomic E-state index is -1.16. The van der Waals surface area contributed by atoms with Crippen molar-refractivity contribution >= 4 is 21.9 Å². The smallest absolute Gasteiger partial charge is 0.330 e. The van der Waals surface area contributed by atoms with E-state index in [4.69, 9.17) is 10.3 Å². The Bertz CT molecular complexity index is 563. The summed E-state index contributed by atoms with van der Waals surface area (Å²) in [5, 5.41) is 6.40. The van der Waals surface area contributed by atoms with Crippen LogP contribution < -0.4 is 5.32 Å². The fraction of sp³-hybridized carbons (Fsp3) is 0.462. The molecule has 0 aliphatic heterocycles. The van der Waals surface area contributed by atoms with Crippen LogP contribution in [0.2, 0.25) is 0 Å². The monoisotopic (exact) mass is 358 g/mol. The molecule has 1 N–H and O–H groups in total. The number of ether oxygens (including phenoxy) is 1. The fourth-order valence-corrected chi connectivity index (χ4v) is 2.15. The minimum absolute atomic E-state index is 0.188. The Balaban J connectivity index is 3.07. The molecule has 21 heavy (non-hydrogen) atoms. The summed E-state index contributed by atoms with van der Waals surface area (Å²) in [5.41, 5.74) is 7.66. The molecule has 1 aromatic rings. The van der Waals surface area contributed by atoms with Crippen molar-refractivity contribution < 1.29 is 13.9 Å². The van der Waals surface area contributed by atoms with Crippen LogP contribution in [0.1, 0.15) is 19.4 Å². The van der Waals surface area contributed by atoms with E-state index in [-0.39, 0.29) is 24.2 Å². The van der Waals surface area contributed by atoms with Gasteiger partial charge in [-0.2, -0.15) is 0 Å². The Morgan fingerprint density at radius 1 is 1.62 bits per heavy atom. The van der Waals surface area contributed by atoms with E-state index in [1.807, 2.05) is 0 Å². The average molecular weight is 359 g/mol. The summed E-state index contributed by atoms with van der Waals surface area (Å²) in [6, 6.07) is 4.30. The maximum Gasteiger partial charge on any atom is 0.330 e. The van der Waals surface area contributed by atoms with Gasteiger partial charge in [0.15, 0.2) is 0 Å². The normalized spacial score (nSPS) is 13.1. The molecule has 0 radical (unpaired) electrons. The average Bonchev–Trinajstić information content (AvgIpc) is 2.46. The van der Waals surface area contributed by atoms with Gasteiger partial charge in [-0.3, -0.25) is 5.32 Å². The van der Waals surface area contributed by atoms with Crippen molar-refractivity contribution in [3.05, 3.63) is 44.5 Å². The second kappa shape index (κ2) is 7.97. The van der Waals surface area contributed by atoms with Crippen molar-refractivity contribution in [1.82, 2.24) is 5.32 Å². The molecule has 6 nitrogen and oxygen atoms in total. The van der Waals surface area contributed by atoms with E-state index in [9.17, 15) is 9.18 Å². The first-order valence-electron chi connectivity index (χ1n) is 6.34. The molecule has 0 saturated heterocycles. The number of nitrogens with zero attached hydrogens (tertiary/aromatic N) is 3. The van der Waals surface area contributed by atoms with Gasteiger partial charge in [0.05, 0.1) is 11.1 Å². The summed E-state index contributed by atoms with van der Waals surface area (Å²) in [5.74, 6) is -0.900. The molecule has 1 atom stereocenters. The lowest BCUT2D eigenvalue weighted by Crippen LogP contribution is -2.48.